The number of anilines is 2. The van der Waals surface area contributed by atoms with Crippen molar-refractivity contribution in [3.05, 3.63) is 82.7 Å². The molecule has 0 atom stereocenters. The first-order valence-corrected chi connectivity index (χ1v) is 8.52. The highest BCUT2D eigenvalue weighted by Crippen LogP contribution is 2.19. The normalized spacial score (nSPS) is 10.4. The highest BCUT2D eigenvalue weighted by Gasteiger charge is 2.09. The summed E-state index contributed by atoms with van der Waals surface area (Å²) in [7, 11) is 0. The third-order valence-electron chi connectivity index (χ3n) is 4.06. The molecule has 0 fully saturated rings. The van der Waals surface area contributed by atoms with Crippen LogP contribution in [0.1, 0.15) is 32.7 Å². The SMILES string of the molecule is Cc1cccc(CNC(=O)c2ccnc(Nc3cc(C)ccc3C)n2)c1. The van der Waals surface area contributed by atoms with Crippen LogP contribution >= 0.6 is 0 Å². The lowest BCUT2D eigenvalue weighted by Crippen LogP contribution is -2.24. The Balaban J connectivity index is 1.70. The molecule has 0 saturated heterocycles. The van der Waals surface area contributed by atoms with Gasteiger partial charge in [0.1, 0.15) is 5.69 Å². The molecule has 3 aromatic rings. The number of rotatable bonds is 5. The second-order valence-corrected chi connectivity index (χ2v) is 6.38. The van der Waals surface area contributed by atoms with E-state index in [4.69, 9.17) is 0 Å². The number of aromatic nitrogens is 2. The van der Waals surface area contributed by atoms with Crippen molar-refractivity contribution in [2.24, 2.45) is 0 Å². The molecule has 1 heterocycles. The van der Waals surface area contributed by atoms with E-state index in [2.05, 4.69) is 26.7 Å². The van der Waals surface area contributed by atoms with Gasteiger partial charge in [0.25, 0.3) is 5.91 Å². The van der Waals surface area contributed by atoms with E-state index in [1.807, 2.05) is 57.2 Å². The summed E-state index contributed by atoms with van der Waals surface area (Å²) in [5.41, 5.74) is 5.72. The lowest BCUT2D eigenvalue weighted by molar-refractivity contribution is 0.0946. The summed E-state index contributed by atoms with van der Waals surface area (Å²) in [5, 5.41) is 6.08. The third-order valence-corrected chi connectivity index (χ3v) is 4.06. The number of aryl methyl sites for hydroxylation is 3. The first-order valence-electron chi connectivity index (χ1n) is 8.52. The summed E-state index contributed by atoms with van der Waals surface area (Å²) in [5.74, 6) is 0.180. The summed E-state index contributed by atoms with van der Waals surface area (Å²) in [6, 6.07) is 15.8. The number of amides is 1. The number of hydrogen-bond acceptors (Lipinski definition) is 4. The van der Waals surface area contributed by atoms with Crippen molar-refractivity contribution in [2.45, 2.75) is 27.3 Å². The van der Waals surface area contributed by atoms with Gasteiger partial charge >= 0.3 is 0 Å². The molecule has 0 aliphatic rings. The summed E-state index contributed by atoms with van der Waals surface area (Å²) in [6.45, 7) is 6.53. The van der Waals surface area contributed by atoms with Crippen LogP contribution in [0.25, 0.3) is 0 Å². The number of carbonyl (C=O) groups excluding carboxylic acids is 1. The second-order valence-electron chi connectivity index (χ2n) is 6.38. The molecule has 5 nitrogen and oxygen atoms in total. The summed E-state index contributed by atoms with van der Waals surface area (Å²) in [6.07, 6.45) is 1.59. The maximum absolute atomic E-state index is 12.4. The van der Waals surface area contributed by atoms with Crippen LogP contribution in [-0.2, 0) is 6.54 Å². The van der Waals surface area contributed by atoms with Crippen LogP contribution in [0.3, 0.4) is 0 Å². The van der Waals surface area contributed by atoms with Crippen LogP contribution in [0.5, 0.6) is 0 Å². The minimum absolute atomic E-state index is 0.224. The molecule has 1 amide bonds. The lowest BCUT2D eigenvalue weighted by Gasteiger charge is -2.10. The average Bonchev–Trinajstić information content (AvgIpc) is 2.63. The number of nitrogens with zero attached hydrogens (tertiary/aromatic N) is 2. The molecule has 0 aliphatic carbocycles. The molecule has 0 saturated carbocycles. The van der Waals surface area contributed by atoms with Crippen molar-refractivity contribution >= 4 is 17.5 Å². The zero-order valence-electron chi connectivity index (χ0n) is 15.2. The van der Waals surface area contributed by atoms with Crippen molar-refractivity contribution in [3.63, 3.8) is 0 Å². The van der Waals surface area contributed by atoms with Gasteiger partial charge in [-0.25, -0.2) is 9.97 Å². The third kappa shape index (κ3) is 4.45. The molecule has 1 aromatic heterocycles. The molecule has 26 heavy (non-hydrogen) atoms. The Morgan fingerprint density at radius 3 is 2.62 bits per heavy atom. The van der Waals surface area contributed by atoms with Gasteiger partial charge in [-0.3, -0.25) is 4.79 Å². The van der Waals surface area contributed by atoms with Gasteiger partial charge in [-0.05, 0) is 49.6 Å². The van der Waals surface area contributed by atoms with Gasteiger partial charge in [-0.1, -0.05) is 42.0 Å². The fourth-order valence-electron chi connectivity index (χ4n) is 2.63. The van der Waals surface area contributed by atoms with E-state index < -0.39 is 0 Å². The lowest BCUT2D eigenvalue weighted by atomic mass is 10.1. The van der Waals surface area contributed by atoms with Crippen molar-refractivity contribution < 1.29 is 4.79 Å². The van der Waals surface area contributed by atoms with E-state index in [1.54, 1.807) is 12.3 Å². The zero-order valence-corrected chi connectivity index (χ0v) is 15.2. The van der Waals surface area contributed by atoms with E-state index >= 15 is 0 Å². The molecule has 132 valence electrons. The molecule has 0 spiro atoms. The van der Waals surface area contributed by atoms with E-state index in [0.717, 1.165) is 22.4 Å². The van der Waals surface area contributed by atoms with Gasteiger partial charge in [-0.15, -0.1) is 0 Å². The minimum atomic E-state index is -0.224. The van der Waals surface area contributed by atoms with Crippen molar-refractivity contribution in [1.29, 1.82) is 0 Å². The molecule has 0 aliphatic heterocycles. The summed E-state index contributed by atoms with van der Waals surface area (Å²) < 4.78 is 0. The Morgan fingerprint density at radius 2 is 1.81 bits per heavy atom. The standard InChI is InChI=1S/C21H22N4O/c1-14-5-4-6-17(11-14)13-23-20(26)18-9-10-22-21(24-18)25-19-12-15(2)7-8-16(19)3/h4-12H,13H2,1-3H3,(H,23,26)(H,22,24,25). The van der Waals surface area contributed by atoms with E-state index in [0.29, 0.717) is 18.2 Å². The topological polar surface area (TPSA) is 66.9 Å². The number of hydrogen-bond donors (Lipinski definition) is 2. The summed E-state index contributed by atoms with van der Waals surface area (Å²) in [4.78, 5) is 20.9. The van der Waals surface area contributed by atoms with Crippen LogP contribution in [0.4, 0.5) is 11.6 Å². The predicted octanol–water partition coefficient (Wildman–Crippen LogP) is 4.08. The Bertz CT molecular complexity index is 937. The van der Waals surface area contributed by atoms with E-state index in [-0.39, 0.29) is 5.91 Å². The molecular formula is C21H22N4O. The van der Waals surface area contributed by atoms with E-state index in [1.165, 1.54) is 5.56 Å². The maximum atomic E-state index is 12.4. The van der Waals surface area contributed by atoms with Crippen LogP contribution < -0.4 is 10.6 Å². The Morgan fingerprint density at radius 1 is 1.00 bits per heavy atom. The number of benzene rings is 2. The monoisotopic (exact) mass is 346 g/mol. The maximum Gasteiger partial charge on any atom is 0.270 e. The summed E-state index contributed by atoms with van der Waals surface area (Å²) >= 11 is 0. The van der Waals surface area contributed by atoms with Gasteiger partial charge in [0, 0.05) is 18.4 Å². The Labute approximate surface area is 153 Å². The number of carbonyl (C=O) groups is 1. The quantitative estimate of drug-likeness (QED) is 0.731. The molecule has 2 aromatic carbocycles. The van der Waals surface area contributed by atoms with Gasteiger partial charge in [0.15, 0.2) is 0 Å². The largest absolute Gasteiger partial charge is 0.347 e. The van der Waals surface area contributed by atoms with E-state index in [9.17, 15) is 4.79 Å². The molecule has 2 N–H and O–H groups in total. The first-order chi connectivity index (χ1) is 12.5. The predicted molar refractivity (Wildman–Crippen MR) is 104 cm³/mol. The van der Waals surface area contributed by atoms with Gasteiger partial charge in [0.05, 0.1) is 0 Å². The molecule has 0 bridgehead atoms. The highest BCUT2D eigenvalue weighted by atomic mass is 16.1. The first kappa shape index (κ1) is 17.6. The minimum Gasteiger partial charge on any atom is -0.347 e. The molecule has 5 heteroatoms. The smallest absolute Gasteiger partial charge is 0.270 e. The van der Waals surface area contributed by atoms with Gasteiger partial charge < -0.3 is 10.6 Å². The molecule has 3 rings (SSSR count). The average molecular weight is 346 g/mol. The number of nitrogens with one attached hydrogen (secondary N) is 2. The fraction of sp³-hybridized carbons (Fsp3) is 0.190. The van der Waals surface area contributed by atoms with Crippen molar-refractivity contribution in [3.8, 4) is 0 Å². The second kappa shape index (κ2) is 7.78. The van der Waals surface area contributed by atoms with Crippen LogP contribution in [-0.4, -0.2) is 15.9 Å². The Hall–Kier alpha value is -3.21. The van der Waals surface area contributed by atoms with Crippen LogP contribution in [0, 0.1) is 20.8 Å². The van der Waals surface area contributed by atoms with Gasteiger partial charge in [-0.2, -0.15) is 0 Å². The van der Waals surface area contributed by atoms with Crippen LogP contribution in [0.15, 0.2) is 54.7 Å². The van der Waals surface area contributed by atoms with Crippen molar-refractivity contribution in [2.75, 3.05) is 5.32 Å². The highest BCUT2D eigenvalue weighted by molar-refractivity contribution is 5.92. The Kier molecular flexibility index (Phi) is 5.27. The van der Waals surface area contributed by atoms with Gasteiger partial charge in [0.2, 0.25) is 5.95 Å². The molecule has 0 radical (unpaired) electrons. The fourth-order valence-corrected chi connectivity index (χ4v) is 2.63. The molecule has 0 unspecified atom stereocenters. The zero-order chi connectivity index (χ0) is 18.5. The van der Waals surface area contributed by atoms with Crippen LogP contribution in [0.2, 0.25) is 0 Å². The van der Waals surface area contributed by atoms with Crippen molar-refractivity contribution in [1.82, 2.24) is 15.3 Å². The molecular weight excluding hydrogens is 324 g/mol.